The lowest BCUT2D eigenvalue weighted by Gasteiger charge is -2.42. The number of likely N-dealkylation sites (N-methyl/N-ethyl adjacent to an activating group) is 1. The zero-order chi connectivity index (χ0) is 13.9. The maximum absolute atomic E-state index is 12.8. The molecule has 0 heterocycles. The number of rotatable bonds is 3. The van der Waals surface area contributed by atoms with Crippen LogP contribution in [0, 0.1) is 5.41 Å². The van der Waals surface area contributed by atoms with Gasteiger partial charge in [0.15, 0.2) is 0 Å². The summed E-state index contributed by atoms with van der Waals surface area (Å²) in [4.78, 5) is 14.6. The van der Waals surface area contributed by atoms with Crippen LogP contribution in [-0.2, 0) is 4.79 Å². The van der Waals surface area contributed by atoms with E-state index < -0.39 is 0 Å². The van der Waals surface area contributed by atoms with Crippen LogP contribution in [0.3, 0.4) is 0 Å². The quantitative estimate of drug-likeness (QED) is 0.818. The van der Waals surface area contributed by atoms with Gasteiger partial charge in [0, 0.05) is 13.6 Å². The van der Waals surface area contributed by atoms with Crippen molar-refractivity contribution in [1.82, 2.24) is 4.90 Å². The molecule has 2 aliphatic rings. The smallest absolute Gasteiger partial charge is 0.230 e. The summed E-state index contributed by atoms with van der Waals surface area (Å²) in [6, 6.07) is -0.00778. The van der Waals surface area contributed by atoms with Gasteiger partial charge >= 0.3 is 0 Å². The molecule has 0 bridgehead atoms. The molecule has 1 amide bonds. The lowest BCUT2D eigenvalue weighted by Crippen LogP contribution is -2.54. The zero-order valence-corrected chi connectivity index (χ0v) is 12.1. The molecule has 2 fully saturated rings. The summed E-state index contributed by atoms with van der Waals surface area (Å²) in [7, 11) is 1.85. The molecule has 0 saturated heterocycles. The van der Waals surface area contributed by atoms with Gasteiger partial charge in [0.2, 0.25) is 5.91 Å². The molecule has 110 valence electrons. The summed E-state index contributed by atoms with van der Waals surface area (Å²) in [5.41, 5.74) is 5.57. The molecule has 19 heavy (non-hydrogen) atoms. The van der Waals surface area contributed by atoms with Gasteiger partial charge in [0.05, 0.1) is 17.6 Å². The molecule has 2 unspecified atom stereocenters. The Bertz CT molecular complexity index is 313. The highest BCUT2D eigenvalue weighted by Gasteiger charge is 2.42. The lowest BCUT2D eigenvalue weighted by atomic mass is 9.72. The van der Waals surface area contributed by atoms with Crippen LogP contribution in [0.25, 0.3) is 0 Å². The van der Waals surface area contributed by atoms with Gasteiger partial charge in [0.1, 0.15) is 0 Å². The van der Waals surface area contributed by atoms with E-state index in [2.05, 4.69) is 0 Å². The number of aliphatic hydroxyl groups excluding tert-OH is 1. The predicted molar refractivity (Wildman–Crippen MR) is 75.6 cm³/mol. The average Bonchev–Trinajstić information content (AvgIpc) is 2.47. The van der Waals surface area contributed by atoms with Crippen LogP contribution < -0.4 is 5.73 Å². The number of carbonyl (C=O) groups excluding carboxylic acids is 1. The van der Waals surface area contributed by atoms with Crippen molar-refractivity contribution in [2.75, 3.05) is 13.6 Å². The van der Waals surface area contributed by atoms with Gasteiger partial charge in [-0.1, -0.05) is 32.1 Å². The second kappa shape index (κ2) is 6.23. The number of hydrogen-bond donors (Lipinski definition) is 2. The van der Waals surface area contributed by atoms with Crippen LogP contribution in [0.4, 0.5) is 0 Å². The molecule has 2 saturated carbocycles. The largest absolute Gasteiger partial charge is 0.391 e. The topological polar surface area (TPSA) is 66.6 Å². The highest BCUT2D eigenvalue weighted by molar-refractivity contribution is 5.83. The fraction of sp³-hybridized carbons (Fsp3) is 0.933. The van der Waals surface area contributed by atoms with E-state index in [4.69, 9.17) is 5.73 Å². The molecule has 0 aromatic heterocycles. The molecule has 4 heteroatoms. The van der Waals surface area contributed by atoms with Crippen molar-refractivity contribution in [1.29, 1.82) is 0 Å². The number of amides is 1. The van der Waals surface area contributed by atoms with Crippen molar-refractivity contribution in [3.05, 3.63) is 0 Å². The first-order chi connectivity index (χ1) is 9.10. The van der Waals surface area contributed by atoms with Gasteiger partial charge < -0.3 is 15.7 Å². The van der Waals surface area contributed by atoms with E-state index in [0.717, 1.165) is 51.4 Å². The fourth-order valence-electron chi connectivity index (χ4n) is 3.80. The molecule has 2 aliphatic carbocycles. The fourth-order valence-corrected chi connectivity index (χ4v) is 3.80. The Balaban J connectivity index is 2.08. The maximum atomic E-state index is 12.8. The number of hydrogen-bond acceptors (Lipinski definition) is 3. The van der Waals surface area contributed by atoms with Crippen molar-refractivity contribution >= 4 is 5.91 Å². The van der Waals surface area contributed by atoms with Crippen LogP contribution in [0.5, 0.6) is 0 Å². The molecule has 2 atom stereocenters. The molecule has 3 N–H and O–H groups in total. The molecule has 0 spiro atoms. The van der Waals surface area contributed by atoms with Crippen LogP contribution >= 0.6 is 0 Å². The van der Waals surface area contributed by atoms with E-state index >= 15 is 0 Å². The van der Waals surface area contributed by atoms with Crippen molar-refractivity contribution < 1.29 is 9.90 Å². The molecular formula is C15H28N2O2. The minimum absolute atomic E-state index is 0.00778. The van der Waals surface area contributed by atoms with E-state index in [1.807, 2.05) is 11.9 Å². The first-order valence-corrected chi connectivity index (χ1v) is 7.76. The Kier molecular flexibility index (Phi) is 4.85. The van der Waals surface area contributed by atoms with Crippen molar-refractivity contribution in [3.63, 3.8) is 0 Å². The van der Waals surface area contributed by atoms with E-state index in [0.29, 0.717) is 6.54 Å². The second-order valence-corrected chi connectivity index (χ2v) is 6.38. The predicted octanol–water partition coefficient (Wildman–Crippen LogP) is 1.66. The van der Waals surface area contributed by atoms with E-state index in [1.54, 1.807) is 0 Å². The molecular weight excluding hydrogens is 240 g/mol. The third-order valence-corrected chi connectivity index (χ3v) is 5.17. The third kappa shape index (κ3) is 2.95. The van der Waals surface area contributed by atoms with Crippen molar-refractivity contribution in [2.45, 2.75) is 69.9 Å². The molecule has 0 aliphatic heterocycles. The van der Waals surface area contributed by atoms with Crippen LogP contribution in [0.15, 0.2) is 0 Å². The molecule has 0 aromatic carbocycles. The first-order valence-electron chi connectivity index (χ1n) is 7.76. The first kappa shape index (κ1) is 14.8. The normalized spacial score (nSPS) is 30.9. The summed E-state index contributed by atoms with van der Waals surface area (Å²) in [6.45, 7) is 0.443. The van der Waals surface area contributed by atoms with E-state index in [-0.39, 0.29) is 23.5 Å². The third-order valence-electron chi connectivity index (χ3n) is 5.17. The average molecular weight is 268 g/mol. The number of carbonyl (C=O) groups is 1. The Morgan fingerprint density at radius 3 is 2.42 bits per heavy atom. The molecule has 2 rings (SSSR count). The standard InChI is InChI=1S/C15H28N2O2/c1-17(12-7-3-4-8-13(12)18)14(19)15(11-16)9-5-2-6-10-15/h12-13,18H,2-11,16H2,1H3. The zero-order valence-electron chi connectivity index (χ0n) is 12.1. The summed E-state index contributed by atoms with van der Waals surface area (Å²) >= 11 is 0. The maximum Gasteiger partial charge on any atom is 0.230 e. The minimum Gasteiger partial charge on any atom is -0.391 e. The highest BCUT2D eigenvalue weighted by Crippen LogP contribution is 2.38. The summed E-state index contributed by atoms with van der Waals surface area (Å²) in [6.07, 6.45) is 8.80. The monoisotopic (exact) mass is 268 g/mol. The van der Waals surface area contributed by atoms with Gasteiger partial charge in [0.25, 0.3) is 0 Å². The van der Waals surface area contributed by atoms with Crippen LogP contribution in [0.2, 0.25) is 0 Å². The van der Waals surface area contributed by atoms with Gasteiger partial charge in [-0.15, -0.1) is 0 Å². The highest BCUT2D eigenvalue weighted by atomic mass is 16.3. The van der Waals surface area contributed by atoms with Crippen LogP contribution in [-0.4, -0.2) is 41.7 Å². The summed E-state index contributed by atoms with van der Waals surface area (Å²) < 4.78 is 0. The number of aliphatic hydroxyl groups is 1. The minimum atomic E-state index is -0.360. The van der Waals surface area contributed by atoms with Gasteiger partial charge in [-0.25, -0.2) is 0 Å². The van der Waals surface area contributed by atoms with Crippen LogP contribution in [0.1, 0.15) is 57.8 Å². The lowest BCUT2D eigenvalue weighted by molar-refractivity contribution is -0.148. The van der Waals surface area contributed by atoms with Gasteiger partial charge in [-0.05, 0) is 25.7 Å². The van der Waals surface area contributed by atoms with Crippen molar-refractivity contribution in [3.8, 4) is 0 Å². The Hall–Kier alpha value is -0.610. The number of nitrogens with two attached hydrogens (primary N) is 1. The summed E-state index contributed by atoms with van der Waals surface area (Å²) in [5, 5.41) is 10.1. The van der Waals surface area contributed by atoms with Gasteiger partial charge in [-0.3, -0.25) is 4.79 Å². The Morgan fingerprint density at radius 1 is 1.21 bits per heavy atom. The molecule has 4 nitrogen and oxygen atoms in total. The summed E-state index contributed by atoms with van der Waals surface area (Å²) in [5.74, 6) is 0.167. The Labute approximate surface area is 116 Å². The molecule has 0 aromatic rings. The second-order valence-electron chi connectivity index (χ2n) is 6.38. The molecule has 0 radical (unpaired) electrons. The van der Waals surface area contributed by atoms with E-state index in [1.165, 1.54) is 6.42 Å². The van der Waals surface area contributed by atoms with E-state index in [9.17, 15) is 9.90 Å². The van der Waals surface area contributed by atoms with Crippen molar-refractivity contribution in [2.24, 2.45) is 11.1 Å². The Morgan fingerprint density at radius 2 is 1.84 bits per heavy atom. The SMILES string of the molecule is CN(C(=O)C1(CN)CCCCC1)C1CCCCC1O. The number of nitrogens with zero attached hydrogens (tertiary/aromatic N) is 1. The van der Waals surface area contributed by atoms with Gasteiger partial charge in [-0.2, -0.15) is 0 Å².